The first-order valence-corrected chi connectivity index (χ1v) is 10.4. The average molecular weight is 388 g/mol. The van der Waals surface area contributed by atoms with Gasteiger partial charge in [-0.15, -0.1) is 0 Å². The van der Waals surface area contributed by atoms with Crippen LogP contribution in [0.5, 0.6) is 5.75 Å². The normalized spacial score (nSPS) is 23.7. The van der Waals surface area contributed by atoms with Crippen molar-refractivity contribution in [2.24, 2.45) is 5.73 Å². The zero-order valence-electron chi connectivity index (χ0n) is 12.6. The van der Waals surface area contributed by atoms with Crippen molar-refractivity contribution in [1.82, 2.24) is 0 Å². The molecule has 0 radical (unpaired) electrons. The molecule has 3 rings (SSSR count). The van der Waals surface area contributed by atoms with E-state index in [1.807, 2.05) is 6.07 Å². The van der Waals surface area contributed by atoms with Crippen molar-refractivity contribution in [1.29, 1.82) is 0 Å². The van der Waals surface area contributed by atoms with Gasteiger partial charge in [-0.1, -0.05) is 25.3 Å². The van der Waals surface area contributed by atoms with E-state index >= 15 is 0 Å². The van der Waals surface area contributed by atoms with Crippen LogP contribution in [0.4, 0.5) is 0 Å². The second-order valence-corrected chi connectivity index (χ2v) is 9.52. The Hall–Kier alpha value is -0.590. The maximum Gasteiger partial charge on any atom is 0.157 e. The summed E-state index contributed by atoms with van der Waals surface area (Å²) in [5.41, 5.74) is 7.43. The zero-order valence-corrected chi connectivity index (χ0v) is 15.0. The molecule has 0 aromatic heterocycles. The van der Waals surface area contributed by atoms with Gasteiger partial charge in [0.2, 0.25) is 0 Å². The molecule has 1 aromatic rings. The van der Waals surface area contributed by atoms with Gasteiger partial charge in [0.05, 0.1) is 16.0 Å². The molecule has 0 bridgehead atoms. The van der Waals surface area contributed by atoms with Crippen LogP contribution in [-0.2, 0) is 15.3 Å². The van der Waals surface area contributed by atoms with E-state index in [2.05, 4.69) is 28.1 Å². The molecule has 4 nitrogen and oxygen atoms in total. The highest BCUT2D eigenvalue weighted by atomic mass is 79.9. The lowest BCUT2D eigenvalue weighted by molar-refractivity contribution is 0.228. The molecule has 1 saturated heterocycles. The molecular formula is C16H22BrNO3S. The first-order chi connectivity index (χ1) is 10.4. The fraction of sp³-hybridized carbons (Fsp3) is 0.625. The summed E-state index contributed by atoms with van der Waals surface area (Å²) in [6, 6.07) is 6.13. The van der Waals surface area contributed by atoms with Crippen molar-refractivity contribution in [2.45, 2.75) is 43.6 Å². The first-order valence-electron chi connectivity index (χ1n) is 7.81. The third-order valence-corrected chi connectivity index (χ3v) is 7.30. The molecule has 0 unspecified atom stereocenters. The number of halogens is 1. The Morgan fingerprint density at radius 3 is 2.45 bits per heavy atom. The summed E-state index contributed by atoms with van der Waals surface area (Å²) in [7, 11) is -2.86. The molecule has 1 heterocycles. The van der Waals surface area contributed by atoms with Crippen molar-refractivity contribution in [3.8, 4) is 5.75 Å². The summed E-state index contributed by atoms with van der Waals surface area (Å²) in [6.07, 6.45) is 5.80. The molecule has 2 N–H and O–H groups in total. The second kappa shape index (κ2) is 6.13. The lowest BCUT2D eigenvalue weighted by Crippen LogP contribution is -2.45. The highest BCUT2D eigenvalue weighted by Gasteiger charge is 2.36. The number of hydrogen-bond donors (Lipinski definition) is 1. The minimum absolute atomic E-state index is 0.0824. The van der Waals surface area contributed by atoms with Crippen LogP contribution in [0, 0.1) is 0 Å². The van der Waals surface area contributed by atoms with Gasteiger partial charge >= 0.3 is 0 Å². The molecular weight excluding hydrogens is 366 g/mol. The summed E-state index contributed by atoms with van der Waals surface area (Å²) in [6.45, 7) is 0.667. The second-order valence-electron chi connectivity index (χ2n) is 6.51. The van der Waals surface area contributed by atoms with Gasteiger partial charge in [0, 0.05) is 12.0 Å². The Bertz CT molecular complexity index is 641. The van der Waals surface area contributed by atoms with Gasteiger partial charge in [0.1, 0.15) is 11.9 Å². The molecule has 2 aliphatic rings. The van der Waals surface area contributed by atoms with Crippen LogP contribution in [0.1, 0.15) is 37.7 Å². The number of hydrogen-bond acceptors (Lipinski definition) is 4. The summed E-state index contributed by atoms with van der Waals surface area (Å²) >= 11 is 3.56. The van der Waals surface area contributed by atoms with Crippen LogP contribution in [0.2, 0.25) is 0 Å². The fourth-order valence-corrected chi connectivity index (χ4v) is 5.17. The number of rotatable bonds is 4. The Morgan fingerprint density at radius 1 is 1.23 bits per heavy atom. The topological polar surface area (TPSA) is 69.4 Å². The van der Waals surface area contributed by atoms with Crippen LogP contribution >= 0.6 is 15.9 Å². The molecule has 0 spiro atoms. The van der Waals surface area contributed by atoms with Gasteiger partial charge in [-0.25, -0.2) is 8.42 Å². The van der Waals surface area contributed by atoms with Crippen LogP contribution in [0.25, 0.3) is 0 Å². The van der Waals surface area contributed by atoms with Crippen LogP contribution in [0.15, 0.2) is 22.7 Å². The molecule has 0 amide bonds. The Morgan fingerprint density at radius 2 is 1.91 bits per heavy atom. The van der Waals surface area contributed by atoms with Gasteiger partial charge in [-0.2, -0.15) is 0 Å². The maximum atomic E-state index is 11.2. The van der Waals surface area contributed by atoms with Gasteiger partial charge in [-0.05, 0) is 46.5 Å². The summed E-state index contributed by atoms with van der Waals surface area (Å²) in [5.74, 6) is 0.952. The van der Waals surface area contributed by atoms with E-state index in [-0.39, 0.29) is 23.0 Å². The third-order valence-electron chi connectivity index (χ3n) is 4.92. The molecule has 2 fully saturated rings. The van der Waals surface area contributed by atoms with E-state index in [9.17, 15) is 8.42 Å². The summed E-state index contributed by atoms with van der Waals surface area (Å²) in [4.78, 5) is 0. The average Bonchev–Trinajstić information content (AvgIpc) is 2.48. The molecule has 122 valence electrons. The molecule has 0 atom stereocenters. The summed E-state index contributed by atoms with van der Waals surface area (Å²) in [5, 5.41) is 0. The molecule has 1 saturated carbocycles. The Labute approximate surface area is 140 Å². The van der Waals surface area contributed by atoms with Crippen LogP contribution in [0.3, 0.4) is 0 Å². The van der Waals surface area contributed by atoms with Gasteiger partial charge in [0.25, 0.3) is 0 Å². The lowest BCUT2D eigenvalue weighted by atomic mass is 9.69. The molecule has 1 aromatic carbocycles. The summed E-state index contributed by atoms with van der Waals surface area (Å²) < 4.78 is 29.1. The number of ether oxygens (including phenoxy) is 1. The number of sulfone groups is 1. The minimum atomic E-state index is -2.86. The highest BCUT2D eigenvalue weighted by Crippen LogP contribution is 2.41. The zero-order chi connectivity index (χ0) is 15.8. The van der Waals surface area contributed by atoms with E-state index in [1.165, 1.54) is 24.8 Å². The highest BCUT2D eigenvalue weighted by molar-refractivity contribution is 9.10. The van der Waals surface area contributed by atoms with Gasteiger partial charge < -0.3 is 10.5 Å². The van der Waals surface area contributed by atoms with E-state index in [1.54, 1.807) is 0 Å². The van der Waals surface area contributed by atoms with Crippen molar-refractivity contribution in [2.75, 3.05) is 18.1 Å². The molecule has 1 aliphatic carbocycles. The minimum Gasteiger partial charge on any atom is -0.487 e. The quantitative estimate of drug-likeness (QED) is 0.861. The monoisotopic (exact) mass is 387 g/mol. The standard InChI is InChI=1S/C16H22BrNO3S/c17-14-8-12(16(11-18)6-2-1-3-7-16)4-5-15(14)21-13-9-22(19,20)10-13/h4-5,8,13H,1-3,6-7,9-11,18H2. The van der Waals surface area contributed by atoms with Crippen molar-refractivity contribution in [3.05, 3.63) is 28.2 Å². The number of benzene rings is 1. The van der Waals surface area contributed by atoms with Crippen molar-refractivity contribution >= 4 is 25.8 Å². The number of nitrogens with two attached hydrogens (primary N) is 1. The van der Waals surface area contributed by atoms with E-state index < -0.39 is 9.84 Å². The first kappa shape index (κ1) is 16.3. The van der Waals surface area contributed by atoms with E-state index in [4.69, 9.17) is 10.5 Å². The third kappa shape index (κ3) is 3.19. The SMILES string of the molecule is NCC1(c2ccc(OC3CS(=O)(=O)C3)c(Br)c2)CCCCC1. The van der Waals surface area contributed by atoms with Gasteiger partial charge in [0.15, 0.2) is 9.84 Å². The predicted molar refractivity (Wildman–Crippen MR) is 91.0 cm³/mol. The predicted octanol–water partition coefficient (Wildman–Crippen LogP) is 2.79. The van der Waals surface area contributed by atoms with E-state index in [0.717, 1.165) is 17.3 Å². The molecule has 6 heteroatoms. The van der Waals surface area contributed by atoms with E-state index in [0.29, 0.717) is 12.3 Å². The lowest BCUT2D eigenvalue weighted by Gasteiger charge is -2.37. The van der Waals surface area contributed by atoms with Gasteiger partial charge in [-0.3, -0.25) is 0 Å². The Balaban J connectivity index is 1.77. The molecule has 22 heavy (non-hydrogen) atoms. The van der Waals surface area contributed by atoms with Crippen molar-refractivity contribution < 1.29 is 13.2 Å². The fourth-order valence-electron chi connectivity index (χ4n) is 3.53. The maximum absolute atomic E-state index is 11.2. The van der Waals surface area contributed by atoms with Crippen molar-refractivity contribution in [3.63, 3.8) is 0 Å². The van der Waals surface area contributed by atoms with Crippen LogP contribution in [-0.4, -0.2) is 32.6 Å². The Kier molecular flexibility index (Phi) is 4.54. The van der Waals surface area contributed by atoms with Crippen LogP contribution < -0.4 is 10.5 Å². The molecule has 1 aliphatic heterocycles. The largest absolute Gasteiger partial charge is 0.487 e. The smallest absolute Gasteiger partial charge is 0.157 e.